The molecular formula is C34H35FN2O4Si. The van der Waals surface area contributed by atoms with Gasteiger partial charge in [-0.05, 0) is 72.4 Å². The van der Waals surface area contributed by atoms with E-state index in [-0.39, 0.29) is 18.3 Å². The SMILES string of the molecule is COC(=O)C1Cc2c([nH]c3ccc(F)cc23)C(c2ccc(-c3ccc(OC(C)C)cc3)cc2)N1C(=O)C#C[Si](C)(C)C. The Balaban J connectivity index is 1.63. The van der Waals surface area contributed by atoms with E-state index < -0.39 is 32.0 Å². The highest BCUT2D eigenvalue weighted by Gasteiger charge is 2.44. The van der Waals surface area contributed by atoms with Crippen molar-refractivity contribution < 1.29 is 23.5 Å². The van der Waals surface area contributed by atoms with Crippen LogP contribution in [0, 0.1) is 17.3 Å². The maximum Gasteiger partial charge on any atom is 0.328 e. The van der Waals surface area contributed by atoms with Crippen LogP contribution in [0.4, 0.5) is 4.39 Å². The van der Waals surface area contributed by atoms with Crippen LogP contribution in [0.3, 0.4) is 0 Å². The molecule has 2 unspecified atom stereocenters. The van der Waals surface area contributed by atoms with E-state index in [2.05, 4.69) is 36.1 Å². The van der Waals surface area contributed by atoms with Gasteiger partial charge in [0.15, 0.2) is 0 Å². The zero-order chi connectivity index (χ0) is 30.2. The Morgan fingerprint density at radius 1 is 1.00 bits per heavy atom. The van der Waals surface area contributed by atoms with Crippen molar-refractivity contribution >= 4 is 30.9 Å². The number of carbonyl (C=O) groups excluding carboxylic acids is 2. The van der Waals surface area contributed by atoms with Crippen LogP contribution in [0.1, 0.15) is 36.7 Å². The largest absolute Gasteiger partial charge is 0.491 e. The molecule has 0 saturated carbocycles. The fourth-order valence-corrected chi connectivity index (χ4v) is 5.87. The van der Waals surface area contributed by atoms with Crippen LogP contribution < -0.4 is 4.74 Å². The van der Waals surface area contributed by atoms with Crippen molar-refractivity contribution in [3.8, 4) is 28.3 Å². The van der Waals surface area contributed by atoms with Crippen LogP contribution in [0.15, 0.2) is 66.7 Å². The van der Waals surface area contributed by atoms with Gasteiger partial charge in [0.05, 0.1) is 19.3 Å². The molecule has 2 heterocycles. The molecule has 8 heteroatoms. The number of H-pyrrole nitrogens is 1. The van der Waals surface area contributed by atoms with Gasteiger partial charge in [-0.1, -0.05) is 56.0 Å². The lowest BCUT2D eigenvalue weighted by Crippen LogP contribution is -2.51. The second-order valence-electron chi connectivity index (χ2n) is 11.9. The Labute approximate surface area is 246 Å². The Kier molecular flexibility index (Phi) is 7.98. The van der Waals surface area contributed by atoms with Gasteiger partial charge in [0.25, 0.3) is 5.91 Å². The minimum Gasteiger partial charge on any atom is -0.491 e. The van der Waals surface area contributed by atoms with Crippen LogP contribution in [-0.4, -0.2) is 49.1 Å². The highest BCUT2D eigenvalue weighted by molar-refractivity contribution is 6.84. The lowest BCUT2D eigenvalue weighted by molar-refractivity contribution is -0.153. The topological polar surface area (TPSA) is 71.6 Å². The van der Waals surface area contributed by atoms with Gasteiger partial charge in [0.2, 0.25) is 0 Å². The number of nitrogens with zero attached hydrogens (tertiary/aromatic N) is 1. The first-order chi connectivity index (χ1) is 19.9. The molecular weight excluding hydrogens is 547 g/mol. The van der Waals surface area contributed by atoms with Crippen molar-refractivity contribution in [2.45, 2.75) is 58.1 Å². The molecule has 1 amide bonds. The van der Waals surface area contributed by atoms with Crippen molar-refractivity contribution in [2.24, 2.45) is 0 Å². The lowest BCUT2D eigenvalue weighted by Gasteiger charge is -2.40. The first-order valence-corrected chi connectivity index (χ1v) is 17.6. The molecule has 42 heavy (non-hydrogen) atoms. The summed E-state index contributed by atoms with van der Waals surface area (Å²) in [5, 5.41) is 0.685. The third-order valence-corrected chi connectivity index (χ3v) is 8.10. The molecule has 0 radical (unpaired) electrons. The van der Waals surface area contributed by atoms with E-state index in [0.717, 1.165) is 39.2 Å². The second kappa shape index (κ2) is 11.5. The fraction of sp³-hybridized carbons (Fsp3) is 0.294. The van der Waals surface area contributed by atoms with E-state index in [1.807, 2.05) is 62.4 Å². The minimum atomic E-state index is -1.89. The highest BCUT2D eigenvalue weighted by Crippen LogP contribution is 2.42. The molecule has 0 bridgehead atoms. The third-order valence-electron chi connectivity index (χ3n) is 7.22. The minimum absolute atomic E-state index is 0.0894. The number of methoxy groups -OCH3 is 1. The molecule has 1 aromatic heterocycles. The number of aromatic amines is 1. The first-order valence-electron chi connectivity index (χ1n) is 14.1. The van der Waals surface area contributed by atoms with Crippen molar-refractivity contribution in [1.82, 2.24) is 9.88 Å². The van der Waals surface area contributed by atoms with E-state index in [1.165, 1.54) is 24.1 Å². The number of fused-ring (bicyclic) bond motifs is 3. The number of halogens is 1. The second-order valence-corrected chi connectivity index (χ2v) is 16.6. The first kappa shape index (κ1) is 29.1. The van der Waals surface area contributed by atoms with Crippen molar-refractivity contribution in [1.29, 1.82) is 0 Å². The summed E-state index contributed by atoms with van der Waals surface area (Å²) >= 11 is 0. The number of amides is 1. The van der Waals surface area contributed by atoms with Crippen LogP contribution >= 0.6 is 0 Å². The fourth-order valence-electron chi connectivity index (χ4n) is 5.39. The predicted octanol–water partition coefficient (Wildman–Crippen LogP) is 6.66. The number of benzene rings is 3. The van der Waals surface area contributed by atoms with Gasteiger partial charge >= 0.3 is 5.97 Å². The molecule has 5 rings (SSSR count). The normalized spacial score (nSPS) is 16.5. The van der Waals surface area contributed by atoms with Crippen molar-refractivity contribution in [3.05, 3.63) is 89.4 Å². The maximum atomic E-state index is 14.3. The summed E-state index contributed by atoms with van der Waals surface area (Å²) in [6, 6.07) is 18.8. The predicted molar refractivity (Wildman–Crippen MR) is 165 cm³/mol. The number of nitrogens with one attached hydrogen (secondary N) is 1. The molecule has 4 aromatic rings. The zero-order valence-electron chi connectivity index (χ0n) is 24.7. The van der Waals surface area contributed by atoms with Crippen LogP contribution in [-0.2, 0) is 20.7 Å². The zero-order valence-corrected chi connectivity index (χ0v) is 25.7. The monoisotopic (exact) mass is 582 g/mol. The van der Waals surface area contributed by atoms with Crippen LogP contribution in [0.2, 0.25) is 19.6 Å². The van der Waals surface area contributed by atoms with Gasteiger partial charge in [-0.3, -0.25) is 4.79 Å². The molecule has 0 saturated heterocycles. The van der Waals surface area contributed by atoms with E-state index >= 15 is 0 Å². The molecule has 3 aromatic carbocycles. The number of aromatic nitrogens is 1. The quantitative estimate of drug-likeness (QED) is 0.162. The van der Waals surface area contributed by atoms with Crippen LogP contribution in [0.5, 0.6) is 5.75 Å². The number of carbonyl (C=O) groups is 2. The van der Waals surface area contributed by atoms with Gasteiger partial charge < -0.3 is 19.4 Å². The molecule has 1 N–H and O–H groups in total. The number of esters is 1. The summed E-state index contributed by atoms with van der Waals surface area (Å²) < 4.78 is 25.3. The van der Waals surface area contributed by atoms with E-state index in [4.69, 9.17) is 9.47 Å². The maximum absolute atomic E-state index is 14.3. The Bertz CT molecular complexity index is 1690. The molecule has 0 fully saturated rings. The van der Waals surface area contributed by atoms with E-state index in [9.17, 15) is 14.0 Å². The number of rotatable bonds is 5. The standard InChI is InChI=1S/C34H35FN2O4Si/c1-21(2)41-26-14-11-23(12-15-26)22-7-9-24(10-8-22)33-32-28(27-19-25(35)13-16-29(27)36-32)20-30(34(39)40-3)37(33)31(38)17-18-42(4,5)6/h7-16,19,21,30,33,36H,20H2,1-6H3. The average molecular weight is 583 g/mol. The Hall–Kier alpha value is -4.35. The summed E-state index contributed by atoms with van der Waals surface area (Å²) in [4.78, 5) is 32.0. The smallest absolute Gasteiger partial charge is 0.328 e. The highest BCUT2D eigenvalue weighted by atomic mass is 28.3. The van der Waals surface area contributed by atoms with Gasteiger partial charge in [-0.2, -0.15) is 0 Å². The van der Waals surface area contributed by atoms with E-state index in [0.29, 0.717) is 5.39 Å². The molecule has 1 aliphatic rings. The molecule has 0 aliphatic carbocycles. The van der Waals surface area contributed by atoms with Gasteiger partial charge in [0.1, 0.15) is 25.7 Å². The molecule has 0 spiro atoms. The number of ether oxygens (including phenoxy) is 2. The van der Waals surface area contributed by atoms with Crippen LogP contribution in [0.25, 0.3) is 22.0 Å². The lowest BCUT2D eigenvalue weighted by atomic mass is 9.87. The summed E-state index contributed by atoms with van der Waals surface area (Å²) in [5.74, 6) is 2.28. The molecule has 216 valence electrons. The molecule has 1 aliphatic heterocycles. The molecule has 6 nitrogen and oxygen atoms in total. The van der Waals surface area contributed by atoms with Gasteiger partial charge in [-0.25, -0.2) is 9.18 Å². The Morgan fingerprint density at radius 3 is 2.24 bits per heavy atom. The summed E-state index contributed by atoms with van der Waals surface area (Å²) in [6.45, 7) is 10.2. The summed E-state index contributed by atoms with van der Waals surface area (Å²) in [7, 11) is -0.578. The van der Waals surface area contributed by atoms with Gasteiger partial charge in [0, 0.05) is 23.0 Å². The van der Waals surface area contributed by atoms with Crippen molar-refractivity contribution in [2.75, 3.05) is 7.11 Å². The van der Waals surface area contributed by atoms with Crippen molar-refractivity contribution in [3.63, 3.8) is 0 Å². The average Bonchev–Trinajstić information content (AvgIpc) is 3.31. The molecule has 2 atom stereocenters. The van der Waals surface area contributed by atoms with Gasteiger partial charge in [-0.15, -0.1) is 5.54 Å². The van der Waals surface area contributed by atoms with E-state index in [1.54, 1.807) is 6.07 Å². The number of hydrogen-bond donors (Lipinski definition) is 1. The summed E-state index contributed by atoms with van der Waals surface area (Å²) in [6.07, 6.45) is 0.275. The Morgan fingerprint density at radius 2 is 1.64 bits per heavy atom. The number of hydrogen-bond acceptors (Lipinski definition) is 4. The summed E-state index contributed by atoms with van der Waals surface area (Å²) in [5.41, 5.74) is 8.21. The third kappa shape index (κ3) is 5.97.